The number of hydrogen-bond donors (Lipinski definition) is 0. The second-order valence-corrected chi connectivity index (χ2v) is 6.93. The van der Waals surface area contributed by atoms with E-state index >= 15 is 0 Å². The van der Waals surface area contributed by atoms with Gasteiger partial charge in [0.1, 0.15) is 18.2 Å². The Morgan fingerprint density at radius 2 is 1.88 bits per heavy atom. The predicted molar refractivity (Wildman–Crippen MR) is 88.5 cm³/mol. The molecule has 1 aliphatic heterocycles. The molecule has 1 saturated heterocycles. The second-order valence-electron chi connectivity index (χ2n) is 5.89. The highest BCUT2D eigenvalue weighted by molar-refractivity contribution is 7.16. The van der Waals surface area contributed by atoms with E-state index in [0.29, 0.717) is 12.4 Å². The van der Waals surface area contributed by atoms with Crippen molar-refractivity contribution >= 4 is 16.3 Å². The molecule has 0 radical (unpaired) electrons. The Kier molecular flexibility index (Phi) is 4.40. The van der Waals surface area contributed by atoms with Gasteiger partial charge < -0.3 is 4.74 Å². The second kappa shape index (κ2) is 6.82. The third kappa shape index (κ3) is 3.39. The zero-order valence-electron chi connectivity index (χ0n) is 13.2. The van der Waals surface area contributed by atoms with Crippen LogP contribution in [0.3, 0.4) is 0 Å². The maximum absolute atomic E-state index is 12.9. The minimum atomic E-state index is -0.275. The van der Waals surface area contributed by atoms with Crippen LogP contribution < -0.4 is 4.74 Å². The Bertz CT molecular complexity index is 810. The Hall–Kier alpha value is -2.06. The summed E-state index contributed by atoms with van der Waals surface area (Å²) in [5.41, 5.74) is 0. The van der Waals surface area contributed by atoms with Crippen molar-refractivity contribution in [1.82, 2.24) is 24.7 Å². The summed E-state index contributed by atoms with van der Waals surface area (Å²) in [5, 5.41) is 13.8. The van der Waals surface area contributed by atoms with Crippen LogP contribution in [0.1, 0.15) is 30.1 Å². The molecule has 0 saturated carbocycles. The average Bonchev–Trinajstić information content (AvgIpc) is 3.17. The van der Waals surface area contributed by atoms with Gasteiger partial charge in [-0.05, 0) is 50.2 Å². The van der Waals surface area contributed by atoms with E-state index in [1.54, 1.807) is 12.1 Å². The lowest BCUT2D eigenvalue weighted by atomic mass is 10.1. The van der Waals surface area contributed by atoms with Crippen LogP contribution in [0.5, 0.6) is 5.75 Å². The van der Waals surface area contributed by atoms with Gasteiger partial charge in [-0.2, -0.15) is 9.61 Å². The molecule has 126 valence electrons. The van der Waals surface area contributed by atoms with Crippen molar-refractivity contribution in [3.8, 4) is 5.75 Å². The molecule has 0 aliphatic carbocycles. The van der Waals surface area contributed by atoms with Gasteiger partial charge in [0, 0.05) is 0 Å². The number of likely N-dealkylation sites (tertiary alicyclic amines) is 1. The summed E-state index contributed by atoms with van der Waals surface area (Å²) in [6.07, 6.45) is 3.80. The third-order valence-corrected chi connectivity index (χ3v) is 4.96. The normalized spacial score (nSPS) is 15.9. The number of nitrogens with zero attached hydrogens (tertiary/aromatic N) is 5. The SMILES string of the molecule is Fc1ccc(OCc2nn3c(CN4CCCCC4)nnc3s2)cc1. The molecule has 2 aromatic heterocycles. The summed E-state index contributed by atoms with van der Waals surface area (Å²) < 4.78 is 20.3. The molecule has 8 heteroatoms. The highest BCUT2D eigenvalue weighted by Gasteiger charge is 2.17. The summed E-state index contributed by atoms with van der Waals surface area (Å²) in [6, 6.07) is 5.98. The largest absolute Gasteiger partial charge is 0.486 e. The molecular weight excluding hydrogens is 329 g/mol. The predicted octanol–water partition coefficient (Wildman–Crippen LogP) is 2.89. The van der Waals surface area contributed by atoms with Gasteiger partial charge >= 0.3 is 0 Å². The monoisotopic (exact) mass is 347 g/mol. The first-order valence-electron chi connectivity index (χ1n) is 8.09. The Labute approximate surface area is 142 Å². The molecule has 0 bridgehead atoms. The number of aromatic nitrogens is 4. The third-order valence-electron chi connectivity index (χ3n) is 4.09. The fraction of sp³-hybridized carbons (Fsp3) is 0.438. The number of piperidine rings is 1. The summed E-state index contributed by atoms with van der Waals surface area (Å²) in [6.45, 7) is 3.34. The number of benzene rings is 1. The standard InChI is InChI=1S/C16H18FN5OS/c17-12-4-6-13(7-5-12)23-11-15-20-22-14(18-19-16(22)24-15)10-21-8-2-1-3-9-21/h4-7H,1-3,8-11H2. The molecule has 6 nitrogen and oxygen atoms in total. The van der Waals surface area contributed by atoms with Crippen LogP contribution in [0.15, 0.2) is 24.3 Å². The molecule has 1 fully saturated rings. The maximum atomic E-state index is 12.9. The zero-order valence-corrected chi connectivity index (χ0v) is 14.0. The van der Waals surface area contributed by atoms with Crippen molar-refractivity contribution < 1.29 is 9.13 Å². The summed E-state index contributed by atoms with van der Waals surface area (Å²) in [5.74, 6) is 1.22. The highest BCUT2D eigenvalue weighted by atomic mass is 32.1. The summed E-state index contributed by atoms with van der Waals surface area (Å²) in [7, 11) is 0. The van der Waals surface area contributed by atoms with E-state index in [9.17, 15) is 4.39 Å². The van der Waals surface area contributed by atoms with E-state index in [-0.39, 0.29) is 5.82 Å². The van der Waals surface area contributed by atoms with E-state index < -0.39 is 0 Å². The molecule has 0 atom stereocenters. The molecule has 24 heavy (non-hydrogen) atoms. The van der Waals surface area contributed by atoms with Crippen molar-refractivity contribution in [2.45, 2.75) is 32.4 Å². The lowest BCUT2D eigenvalue weighted by Crippen LogP contribution is -2.30. The van der Waals surface area contributed by atoms with Crippen LogP contribution in [0, 0.1) is 5.82 Å². The van der Waals surface area contributed by atoms with Crippen LogP contribution in [0.4, 0.5) is 4.39 Å². The molecular formula is C16H18FN5OS. The molecule has 1 aromatic carbocycles. The van der Waals surface area contributed by atoms with E-state index in [0.717, 1.165) is 35.4 Å². The lowest BCUT2D eigenvalue weighted by Gasteiger charge is -2.25. The minimum absolute atomic E-state index is 0.275. The van der Waals surface area contributed by atoms with Gasteiger partial charge in [-0.3, -0.25) is 4.90 Å². The van der Waals surface area contributed by atoms with Crippen molar-refractivity contribution in [3.63, 3.8) is 0 Å². The maximum Gasteiger partial charge on any atom is 0.234 e. The van der Waals surface area contributed by atoms with Gasteiger partial charge in [0.05, 0.1) is 6.54 Å². The first-order chi connectivity index (χ1) is 11.8. The van der Waals surface area contributed by atoms with Crippen molar-refractivity contribution in [2.75, 3.05) is 13.1 Å². The van der Waals surface area contributed by atoms with Crippen LogP contribution in [0.2, 0.25) is 0 Å². The van der Waals surface area contributed by atoms with E-state index in [1.807, 2.05) is 4.52 Å². The Morgan fingerprint density at radius 3 is 2.67 bits per heavy atom. The number of hydrogen-bond acceptors (Lipinski definition) is 6. The first-order valence-corrected chi connectivity index (χ1v) is 8.90. The van der Waals surface area contributed by atoms with E-state index in [1.165, 1.54) is 42.7 Å². The van der Waals surface area contributed by atoms with Crippen molar-refractivity contribution in [2.24, 2.45) is 0 Å². The molecule has 0 amide bonds. The fourth-order valence-corrected chi connectivity index (χ4v) is 3.61. The summed E-state index contributed by atoms with van der Waals surface area (Å²) >= 11 is 1.46. The molecule has 3 heterocycles. The van der Waals surface area contributed by atoms with Gasteiger partial charge in [-0.25, -0.2) is 4.39 Å². The minimum Gasteiger partial charge on any atom is -0.486 e. The van der Waals surface area contributed by atoms with Gasteiger partial charge in [-0.15, -0.1) is 10.2 Å². The molecule has 3 aromatic rings. The van der Waals surface area contributed by atoms with Gasteiger partial charge in [0.2, 0.25) is 4.96 Å². The Balaban J connectivity index is 1.44. The summed E-state index contributed by atoms with van der Waals surface area (Å²) in [4.78, 5) is 3.17. The van der Waals surface area contributed by atoms with Crippen LogP contribution in [0.25, 0.3) is 4.96 Å². The molecule has 4 rings (SSSR count). The van der Waals surface area contributed by atoms with E-state index in [2.05, 4.69) is 20.2 Å². The number of ether oxygens (including phenoxy) is 1. The molecule has 0 unspecified atom stereocenters. The highest BCUT2D eigenvalue weighted by Crippen LogP contribution is 2.19. The molecule has 0 N–H and O–H groups in total. The topological polar surface area (TPSA) is 55.6 Å². The van der Waals surface area contributed by atoms with Crippen molar-refractivity contribution in [3.05, 3.63) is 40.9 Å². The molecule has 1 aliphatic rings. The zero-order chi connectivity index (χ0) is 16.4. The molecule has 0 spiro atoms. The van der Waals surface area contributed by atoms with Gasteiger partial charge in [0.15, 0.2) is 10.8 Å². The van der Waals surface area contributed by atoms with Crippen molar-refractivity contribution in [1.29, 1.82) is 0 Å². The number of fused-ring (bicyclic) bond motifs is 1. The fourth-order valence-electron chi connectivity index (χ4n) is 2.85. The van der Waals surface area contributed by atoms with Gasteiger partial charge in [0.25, 0.3) is 0 Å². The van der Waals surface area contributed by atoms with Crippen LogP contribution in [-0.2, 0) is 13.2 Å². The van der Waals surface area contributed by atoms with Gasteiger partial charge in [-0.1, -0.05) is 17.8 Å². The lowest BCUT2D eigenvalue weighted by molar-refractivity contribution is 0.214. The van der Waals surface area contributed by atoms with Crippen LogP contribution in [-0.4, -0.2) is 37.8 Å². The number of halogens is 1. The Morgan fingerprint density at radius 1 is 1.08 bits per heavy atom. The smallest absolute Gasteiger partial charge is 0.234 e. The average molecular weight is 347 g/mol. The quantitative estimate of drug-likeness (QED) is 0.710. The number of rotatable bonds is 5. The first kappa shape index (κ1) is 15.5. The van der Waals surface area contributed by atoms with Crippen LogP contribution >= 0.6 is 11.3 Å². The van der Waals surface area contributed by atoms with E-state index in [4.69, 9.17) is 4.74 Å².